The van der Waals surface area contributed by atoms with Gasteiger partial charge in [-0.25, -0.2) is 4.98 Å². The fourth-order valence-electron chi connectivity index (χ4n) is 2.17. The average Bonchev–Trinajstić information content (AvgIpc) is 2.53. The van der Waals surface area contributed by atoms with Gasteiger partial charge >= 0.3 is 0 Å². The number of hydrogen-bond acceptors (Lipinski definition) is 4. The molecule has 3 rings (SSSR count). The summed E-state index contributed by atoms with van der Waals surface area (Å²) in [5.74, 6) is 0.710. The van der Waals surface area contributed by atoms with Gasteiger partial charge in [0.15, 0.2) is 0 Å². The Labute approximate surface area is 132 Å². The van der Waals surface area contributed by atoms with Gasteiger partial charge in [-0.1, -0.05) is 11.6 Å². The van der Waals surface area contributed by atoms with Crippen LogP contribution in [0.2, 0.25) is 5.02 Å². The van der Waals surface area contributed by atoms with Crippen molar-refractivity contribution in [2.24, 2.45) is 0 Å². The first-order valence-electron chi connectivity index (χ1n) is 6.90. The quantitative estimate of drug-likeness (QED) is 0.743. The Morgan fingerprint density at radius 1 is 1.23 bits per heavy atom. The maximum absolute atomic E-state index is 12.5. The van der Waals surface area contributed by atoms with E-state index in [4.69, 9.17) is 16.3 Å². The Morgan fingerprint density at radius 3 is 2.82 bits per heavy atom. The molecule has 0 N–H and O–H groups in total. The predicted octanol–water partition coefficient (Wildman–Crippen LogP) is 2.89. The predicted molar refractivity (Wildman–Crippen MR) is 85.5 cm³/mol. The number of hydrogen-bond donors (Lipinski definition) is 0. The summed E-state index contributed by atoms with van der Waals surface area (Å²) in [4.78, 5) is 21.0. The largest absolute Gasteiger partial charge is 0.492 e. The van der Waals surface area contributed by atoms with E-state index in [1.54, 1.807) is 24.4 Å². The number of aromatic nitrogens is 3. The fraction of sp³-hybridized carbons (Fsp3) is 0.188. The highest BCUT2D eigenvalue weighted by atomic mass is 35.5. The zero-order chi connectivity index (χ0) is 15.5. The first-order valence-corrected chi connectivity index (χ1v) is 7.27. The highest BCUT2D eigenvalue weighted by Crippen LogP contribution is 2.14. The SMILES string of the molecule is CCOc1ccc(Cn2cnc3ccc(Cl)cc3c2=O)nc1. The lowest BCUT2D eigenvalue weighted by Crippen LogP contribution is -2.21. The fourth-order valence-corrected chi connectivity index (χ4v) is 2.35. The van der Waals surface area contributed by atoms with Crippen molar-refractivity contribution in [3.05, 3.63) is 63.9 Å². The summed E-state index contributed by atoms with van der Waals surface area (Å²) >= 11 is 5.95. The highest BCUT2D eigenvalue weighted by molar-refractivity contribution is 6.31. The van der Waals surface area contributed by atoms with Gasteiger partial charge in [-0.3, -0.25) is 14.3 Å². The van der Waals surface area contributed by atoms with Crippen LogP contribution in [-0.2, 0) is 6.54 Å². The normalized spacial score (nSPS) is 10.8. The van der Waals surface area contributed by atoms with Crippen LogP contribution in [-0.4, -0.2) is 21.1 Å². The molecule has 0 saturated carbocycles. The standard InChI is InChI=1S/C16H14ClN3O2/c1-2-22-13-5-4-12(18-8-13)9-20-10-19-15-6-3-11(17)7-14(15)16(20)21/h3-8,10H,2,9H2,1H3. The summed E-state index contributed by atoms with van der Waals surface area (Å²) < 4.78 is 6.86. The Balaban J connectivity index is 1.93. The molecule has 0 bridgehead atoms. The van der Waals surface area contributed by atoms with E-state index >= 15 is 0 Å². The van der Waals surface area contributed by atoms with Crippen molar-refractivity contribution in [3.8, 4) is 5.75 Å². The molecule has 0 atom stereocenters. The lowest BCUT2D eigenvalue weighted by atomic mass is 10.2. The monoisotopic (exact) mass is 315 g/mol. The summed E-state index contributed by atoms with van der Waals surface area (Å²) in [6, 6.07) is 8.75. The highest BCUT2D eigenvalue weighted by Gasteiger charge is 2.06. The van der Waals surface area contributed by atoms with Gasteiger partial charge in [0, 0.05) is 5.02 Å². The van der Waals surface area contributed by atoms with E-state index in [0.717, 1.165) is 5.69 Å². The Kier molecular flexibility index (Phi) is 4.06. The van der Waals surface area contributed by atoms with Gasteiger partial charge in [-0.15, -0.1) is 0 Å². The second kappa shape index (κ2) is 6.15. The van der Waals surface area contributed by atoms with E-state index in [1.165, 1.54) is 10.9 Å². The molecular weight excluding hydrogens is 302 g/mol. The van der Waals surface area contributed by atoms with Crippen LogP contribution in [0.4, 0.5) is 0 Å². The third-order valence-corrected chi connectivity index (χ3v) is 3.46. The first kappa shape index (κ1) is 14.5. The third-order valence-electron chi connectivity index (χ3n) is 3.23. The van der Waals surface area contributed by atoms with Crippen LogP contribution in [0.3, 0.4) is 0 Å². The lowest BCUT2D eigenvalue weighted by molar-refractivity contribution is 0.338. The van der Waals surface area contributed by atoms with E-state index in [0.29, 0.717) is 34.8 Å². The first-order chi connectivity index (χ1) is 10.7. The summed E-state index contributed by atoms with van der Waals surface area (Å²) in [5.41, 5.74) is 1.25. The Bertz CT molecular complexity index is 859. The molecule has 5 nitrogen and oxygen atoms in total. The molecule has 0 fully saturated rings. The second-order valence-corrected chi connectivity index (χ2v) is 5.19. The number of nitrogens with zero attached hydrogens (tertiary/aromatic N) is 3. The second-order valence-electron chi connectivity index (χ2n) is 4.76. The topological polar surface area (TPSA) is 57.0 Å². The molecule has 0 spiro atoms. The molecule has 0 aliphatic carbocycles. The molecule has 0 amide bonds. The van der Waals surface area contributed by atoms with Crippen LogP contribution in [0, 0.1) is 0 Å². The van der Waals surface area contributed by atoms with Crippen molar-refractivity contribution >= 4 is 22.5 Å². The zero-order valence-electron chi connectivity index (χ0n) is 12.0. The van der Waals surface area contributed by atoms with Gasteiger partial charge in [-0.05, 0) is 37.3 Å². The molecule has 3 aromatic rings. The molecule has 22 heavy (non-hydrogen) atoms. The van der Waals surface area contributed by atoms with Crippen molar-refractivity contribution in [3.63, 3.8) is 0 Å². The Morgan fingerprint density at radius 2 is 2.09 bits per heavy atom. The van der Waals surface area contributed by atoms with E-state index in [9.17, 15) is 4.79 Å². The van der Waals surface area contributed by atoms with Crippen LogP contribution in [0.25, 0.3) is 10.9 Å². The van der Waals surface area contributed by atoms with Gasteiger partial charge in [0.25, 0.3) is 5.56 Å². The number of benzene rings is 1. The van der Waals surface area contributed by atoms with Gasteiger partial charge in [0.05, 0.1) is 42.3 Å². The number of rotatable bonds is 4. The summed E-state index contributed by atoms with van der Waals surface area (Å²) in [6.07, 6.45) is 3.17. The van der Waals surface area contributed by atoms with Crippen molar-refractivity contribution in [1.29, 1.82) is 0 Å². The molecule has 0 aliphatic rings. The maximum Gasteiger partial charge on any atom is 0.261 e. The lowest BCUT2D eigenvalue weighted by Gasteiger charge is -2.07. The minimum atomic E-state index is -0.136. The molecule has 112 valence electrons. The minimum Gasteiger partial charge on any atom is -0.492 e. The Hall–Kier alpha value is -2.40. The molecule has 0 aliphatic heterocycles. The smallest absolute Gasteiger partial charge is 0.261 e. The third kappa shape index (κ3) is 2.94. The average molecular weight is 316 g/mol. The number of ether oxygens (including phenoxy) is 1. The molecule has 0 radical (unpaired) electrons. The van der Waals surface area contributed by atoms with Gasteiger partial charge in [-0.2, -0.15) is 0 Å². The molecule has 0 saturated heterocycles. The number of pyridine rings is 1. The number of halogens is 1. The van der Waals surface area contributed by atoms with E-state index in [-0.39, 0.29) is 5.56 Å². The summed E-state index contributed by atoms with van der Waals surface area (Å²) in [5, 5.41) is 1.02. The van der Waals surface area contributed by atoms with Crippen molar-refractivity contribution in [2.75, 3.05) is 6.61 Å². The van der Waals surface area contributed by atoms with E-state index < -0.39 is 0 Å². The van der Waals surface area contributed by atoms with Crippen molar-refractivity contribution < 1.29 is 4.74 Å². The molecule has 2 heterocycles. The van der Waals surface area contributed by atoms with Gasteiger partial charge in [0.2, 0.25) is 0 Å². The van der Waals surface area contributed by atoms with Crippen LogP contribution in [0.5, 0.6) is 5.75 Å². The van der Waals surface area contributed by atoms with Gasteiger partial charge in [0.1, 0.15) is 5.75 Å². The van der Waals surface area contributed by atoms with Crippen LogP contribution in [0.1, 0.15) is 12.6 Å². The molecule has 1 aromatic carbocycles. The minimum absolute atomic E-state index is 0.136. The summed E-state index contributed by atoms with van der Waals surface area (Å²) in [6.45, 7) is 2.86. The van der Waals surface area contributed by atoms with Crippen LogP contribution in [0.15, 0.2) is 47.7 Å². The van der Waals surface area contributed by atoms with Gasteiger partial charge < -0.3 is 4.74 Å². The number of fused-ring (bicyclic) bond motifs is 1. The molecule has 6 heteroatoms. The molecular formula is C16H14ClN3O2. The maximum atomic E-state index is 12.5. The van der Waals surface area contributed by atoms with Crippen LogP contribution >= 0.6 is 11.6 Å². The molecule has 0 unspecified atom stereocenters. The summed E-state index contributed by atoms with van der Waals surface area (Å²) in [7, 11) is 0. The van der Waals surface area contributed by atoms with Crippen molar-refractivity contribution in [1.82, 2.24) is 14.5 Å². The van der Waals surface area contributed by atoms with Crippen LogP contribution < -0.4 is 10.3 Å². The van der Waals surface area contributed by atoms with E-state index in [1.807, 2.05) is 19.1 Å². The van der Waals surface area contributed by atoms with E-state index in [2.05, 4.69) is 9.97 Å². The zero-order valence-corrected chi connectivity index (χ0v) is 12.7. The van der Waals surface area contributed by atoms with Crippen molar-refractivity contribution in [2.45, 2.75) is 13.5 Å². The molecule has 2 aromatic heterocycles.